The van der Waals surface area contributed by atoms with Crippen molar-refractivity contribution in [3.63, 3.8) is 0 Å². The Hall–Kier alpha value is -5.73. The lowest BCUT2D eigenvalue weighted by Gasteiger charge is -2.09. The highest BCUT2D eigenvalue weighted by Crippen LogP contribution is 2.38. The van der Waals surface area contributed by atoms with Crippen LogP contribution >= 0.6 is 11.3 Å². The van der Waals surface area contributed by atoms with Crippen molar-refractivity contribution >= 4 is 31.6 Å². The molecule has 0 fully saturated rings. The van der Waals surface area contributed by atoms with Gasteiger partial charge >= 0.3 is 0 Å². The predicted molar refractivity (Wildman–Crippen MR) is 171 cm³/mol. The molecule has 0 bridgehead atoms. The Morgan fingerprint density at radius 3 is 1.91 bits per heavy atom. The van der Waals surface area contributed by atoms with E-state index in [2.05, 4.69) is 27.1 Å². The van der Waals surface area contributed by atoms with E-state index in [9.17, 15) is 0 Å². The molecule has 0 unspecified atom stereocenters. The lowest BCUT2D eigenvalue weighted by Crippen LogP contribution is -2.01. The van der Waals surface area contributed by atoms with Crippen molar-refractivity contribution < 1.29 is 0 Å². The van der Waals surface area contributed by atoms with Gasteiger partial charge in [0.15, 0.2) is 17.5 Å². The first-order valence-corrected chi connectivity index (χ1v) is 14.6. The van der Waals surface area contributed by atoms with E-state index in [4.69, 9.17) is 19.9 Å². The molecule has 5 heterocycles. The number of pyridine rings is 2. The van der Waals surface area contributed by atoms with Crippen LogP contribution in [0.3, 0.4) is 0 Å². The van der Waals surface area contributed by atoms with Crippen LogP contribution in [-0.2, 0) is 0 Å². The summed E-state index contributed by atoms with van der Waals surface area (Å²) in [6.45, 7) is 0. The van der Waals surface area contributed by atoms with Gasteiger partial charge in [-0.1, -0.05) is 84.9 Å². The third kappa shape index (κ3) is 4.69. The highest BCUT2D eigenvalue weighted by Gasteiger charge is 2.16. The molecule has 202 valence electrons. The lowest BCUT2D eigenvalue weighted by molar-refractivity contribution is 1.06. The van der Waals surface area contributed by atoms with Gasteiger partial charge in [0.25, 0.3) is 0 Å². The zero-order valence-electron chi connectivity index (χ0n) is 22.7. The molecule has 7 nitrogen and oxygen atoms in total. The smallest absolute Gasteiger partial charge is 0.182 e. The van der Waals surface area contributed by atoms with Crippen molar-refractivity contribution in [3.05, 3.63) is 128 Å². The van der Waals surface area contributed by atoms with Crippen LogP contribution in [0.2, 0.25) is 0 Å². The minimum Gasteiger partial charge on any atom is -0.255 e. The molecule has 0 aliphatic rings. The van der Waals surface area contributed by atoms with Crippen molar-refractivity contribution in [2.24, 2.45) is 0 Å². The maximum Gasteiger partial charge on any atom is 0.182 e. The number of hydrogen-bond acceptors (Lipinski definition) is 8. The van der Waals surface area contributed by atoms with Crippen LogP contribution in [0.15, 0.2) is 128 Å². The van der Waals surface area contributed by atoms with Crippen LogP contribution in [-0.4, -0.2) is 34.9 Å². The second kappa shape index (κ2) is 10.6. The quantitative estimate of drug-likeness (QED) is 0.206. The van der Waals surface area contributed by atoms with Crippen molar-refractivity contribution in [3.8, 4) is 56.9 Å². The van der Waals surface area contributed by atoms with Crippen molar-refractivity contribution in [2.75, 3.05) is 0 Å². The van der Waals surface area contributed by atoms with Crippen LogP contribution in [0, 0.1) is 0 Å². The van der Waals surface area contributed by atoms with Crippen molar-refractivity contribution in [1.29, 1.82) is 0 Å². The molecule has 0 aliphatic carbocycles. The topological polar surface area (TPSA) is 90.2 Å². The third-order valence-corrected chi connectivity index (χ3v) is 8.30. The number of thiophene rings is 1. The average Bonchev–Trinajstić information content (AvgIpc) is 3.48. The molecule has 0 aliphatic heterocycles. The zero-order chi connectivity index (χ0) is 28.6. The molecule has 0 saturated heterocycles. The maximum absolute atomic E-state index is 4.97. The number of nitrogens with zero attached hydrogens (tertiary/aromatic N) is 7. The Morgan fingerprint density at radius 2 is 1.14 bits per heavy atom. The van der Waals surface area contributed by atoms with E-state index in [1.165, 1.54) is 4.70 Å². The van der Waals surface area contributed by atoms with Crippen molar-refractivity contribution in [1.82, 2.24) is 34.9 Å². The number of fused-ring (bicyclic) bond motifs is 3. The number of hydrogen-bond donors (Lipinski definition) is 0. The SMILES string of the molecule is c1ccc(-c2nc(-c3ccccc3)nc(-c3cccc(-c4cc(-c5ncnc6c5sc5ccccc56)ccn4)n3)n2)cc1. The van der Waals surface area contributed by atoms with Gasteiger partial charge in [-0.3, -0.25) is 4.98 Å². The highest BCUT2D eigenvalue weighted by atomic mass is 32.1. The van der Waals surface area contributed by atoms with Gasteiger partial charge in [0.2, 0.25) is 0 Å². The van der Waals surface area contributed by atoms with Crippen LogP contribution in [0.1, 0.15) is 0 Å². The Kier molecular flexibility index (Phi) is 6.16. The van der Waals surface area contributed by atoms with Gasteiger partial charge in [0.1, 0.15) is 12.0 Å². The standard InChI is InChI=1S/C35H21N7S/c1-3-10-22(11-4-1)33-40-34(23-12-5-2-6-13-23)42-35(41-33)27-16-9-15-26(39-27)28-20-24(18-19-36-28)30-32-31(38-21-37-30)25-14-7-8-17-29(25)43-32/h1-21H. The summed E-state index contributed by atoms with van der Waals surface area (Å²) in [7, 11) is 0. The Balaban J connectivity index is 1.22. The summed E-state index contributed by atoms with van der Waals surface area (Å²) in [5.41, 5.74) is 6.68. The fraction of sp³-hybridized carbons (Fsp3) is 0. The fourth-order valence-electron chi connectivity index (χ4n) is 5.07. The monoisotopic (exact) mass is 571 g/mol. The molecule has 0 amide bonds. The first-order chi connectivity index (χ1) is 21.3. The Bertz CT molecular complexity index is 2190. The number of rotatable bonds is 5. The molecule has 43 heavy (non-hydrogen) atoms. The molecular formula is C35H21N7S. The second-order valence-electron chi connectivity index (χ2n) is 9.87. The van der Waals surface area contributed by atoms with Gasteiger partial charge < -0.3 is 0 Å². The highest BCUT2D eigenvalue weighted by molar-refractivity contribution is 7.26. The number of benzene rings is 3. The fourth-order valence-corrected chi connectivity index (χ4v) is 6.24. The van der Waals surface area contributed by atoms with Gasteiger partial charge in [0, 0.05) is 33.0 Å². The molecular weight excluding hydrogens is 551 g/mol. The van der Waals surface area contributed by atoms with Crippen LogP contribution in [0.25, 0.3) is 77.2 Å². The molecule has 8 aromatic rings. The van der Waals surface area contributed by atoms with Crippen LogP contribution in [0.4, 0.5) is 0 Å². The summed E-state index contributed by atoms with van der Waals surface area (Å²) in [5, 5.41) is 1.14. The second-order valence-corrected chi connectivity index (χ2v) is 10.9. The molecule has 8 heteroatoms. The largest absolute Gasteiger partial charge is 0.255 e. The van der Waals surface area contributed by atoms with E-state index in [0.29, 0.717) is 28.9 Å². The van der Waals surface area contributed by atoms with Gasteiger partial charge in [-0.05, 0) is 30.3 Å². The first-order valence-electron chi connectivity index (χ1n) is 13.7. The van der Waals surface area contributed by atoms with Crippen LogP contribution < -0.4 is 0 Å². The summed E-state index contributed by atoms with van der Waals surface area (Å²) < 4.78 is 2.24. The molecule has 0 N–H and O–H groups in total. The Morgan fingerprint density at radius 1 is 0.465 bits per heavy atom. The van der Waals surface area contributed by atoms with E-state index in [-0.39, 0.29) is 0 Å². The molecule has 0 spiro atoms. The van der Waals surface area contributed by atoms with Gasteiger partial charge in [0.05, 0.1) is 27.3 Å². The van der Waals surface area contributed by atoms with E-state index < -0.39 is 0 Å². The summed E-state index contributed by atoms with van der Waals surface area (Å²) in [5.74, 6) is 1.68. The molecule has 3 aromatic carbocycles. The first kappa shape index (κ1) is 25.0. The Labute approximate surface area is 250 Å². The summed E-state index contributed by atoms with van der Waals surface area (Å²) in [4.78, 5) is 33.4. The van der Waals surface area contributed by atoms with Gasteiger partial charge in [-0.2, -0.15) is 0 Å². The molecule has 0 radical (unpaired) electrons. The predicted octanol–water partition coefficient (Wildman–Crippen LogP) is 8.15. The van der Waals surface area contributed by atoms with Gasteiger partial charge in [-0.25, -0.2) is 29.9 Å². The molecule has 0 saturated carbocycles. The third-order valence-electron chi connectivity index (χ3n) is 7.13. The molecule has 8 rings (SSSR count). The molecule has 5 aromatic heterocycles. The summed E-state index contributed by atoms with van der Waals surface area (Å²) >= 11 is 1.70. The minimum absolute atomic E-state index is 0.494. The molecule has 0 atom stereocenters. The number of aromatic nitrogens is 7. The summed E-state index contributed by atoms with van der Waals surface area (Å²) in [6, 6.07) is 37.9. The maximum atomic E-state index is 4.97. The average molecular weight is 572 g/mol. The minimum atomic E-state index is 0.494. The van der Waals surface area contributed by atoms with E-state index in [1.54, 1.807) is 23.9 Å². The van der Waals surface area contributed by atoms with E-state index in [0.717, 1.165) is 43.7 Å². The van der Waals surface area contributed by atoms with Gasteiger partial charge in [-0.15, -0.1) is 11.3 Å². The zero-order valence-corrected chi connectivity index (χ0v) is 23.5. The lowest BCUT2D eigenvalue weighted by atomic mass is 10.1. The normalized spacial score (nSPS) is 11.3. The van der Waals surface area contributed by atoms with Crippen molar-refractivity contribution in [2.45, 2.75) is 0 Å². The van der Waals surface area contributed by atoms with Crippen LogP contribution in [0.5, 0.6) is 0 Å². The summed E-state index contributed by atoms with van der Waals surface area (Å²) in [6.07, 6.45) is 3.43. The van der Waals surface area contributed by atoms with E-state index >= 15 is 0 Å². The van der Waals surface area contributed by atoms with E-state index in [1.807, 2.05) is 103 Å².